The second-order valence-corrected chi connectivity index (χ2v) is 8.52. The van der Waals surface area contributed by atoms with Crippen molar-refractivity contribution in [1.82, 2.24) is 28.9 Å². The van der Waals surface area contributed by atoms with Gasteiger partial charge in [0.25, 0.3) is 0 Å². The number of aryl methyl sites for hydroxylation is 1. The first-order chi connectivity index (χ1) is 16.5. The Morgan fingerprint density at radius 1 is 0.794 bits per heavy atom. The van der Waals surface area contributed by atoms with E-state index in [9.17, 15) is 10.5 Å². The quantitative estimate of drug-likeness (QED) is 0.376. The average molecular weight is 442 g/mol. The lowest BCUT2D eigenvalue weighted by atomic mass is 10.2. The molecule has 0 aliphatic heterocycles. The second-order valence-electron chi connectivity index (χ2n) is 8.52. The molecule has 0 spiro atoms. The lowest BCUT2D eigenvalue weighted by Gasteiger charge is -2.13. The Hall–Kier alpha value is -4.82. The van der Waals surface area contributed by atoms with Crippen molar-refractivity contribution in [2.45, 2.75) is 26.7 Å². The summed E-state index contributed by atoms with van der Waals surface area (Å²) in [4.78, 5) is 19.3. The molecule has 0 atom stereocenters. The van der Waals surface area contributed by atoms with Gasteiger partial charge in [0.2, 0.25) is 0 Å². The molecule has 0 fully saturated rings. The normalized spacial score (nSPS) is 11.6. The van der Waals surface area contributed by atoms with Crippen molar-refractivity contribution in [2.24, 2.45) is 0 Å². The van der Waals surface area contributed by atoms with E-state index in [1.807, 2.05) is 72.2 Å². The number of aromatic nitrogens is 6. The van der Waals surface area contributed by atoms with Crippen LogP contribution >= 0.6 is 0 Å². The highest BCUT2D eigenvalue weighted by molar-refractivity contribution is 6.12. The van der Waals surface area contributed by atoms with Gasteiger partial charge in [0.05, 0.1) is 22.1 Å². The lowest BCUT2D eigenvalue weighted by Crippen LogP contribution is -2.06. The molecule has 0 N–H and O–H groups in total. The topological polar surface area (TPSA) is 108 Å². The number of hydrogen-bond donors (Lipinski definition) is 0. The first-order valence-electron chi connectivity index (χ1n) is 10.9. The van der Waals surface area contributed by atoms with Crippen molar-refractivity contribution in [1.29, 1.82) is 10.5 Å². The minimum absolute atomic E-state index is 0.0127. The minimum atomic E-state index is -0.0129. The molecule has 0 aliphatic rings. The fourth-order valence-electron chi connectivity index (χ4n) is 4.55. The highest BCUT2D eigenvalue weighted by Crippen LogP contribution is 2.36. The van der Waals surface area contributed by atoms with Crippen LogP contribution in [0.2, 0.25) is 0 Å². The van der Waals surface area contributed by atoms with E-state index in [0.717, 1.165) is 28.1 Å². The number of para-hydroxylation sites is 3. The molecule has 0 saturated carbocycles. The van der Waals surface area contributed by atoms with Crippen LogP contribution in [0.1, 0.15) is 42.5 Å². The number of imidazole rings is 1. The summed E-state index contributed by atoms with van der Waals surface area (Å²) in [5.41, 5.74) is 6.00. The van der Waals surface area contributed by atoms with Crippen molar-refractivity contribution in [3.8, 4) is 17.8 Å². The Labute approximate surface area is 194 Å². The van der Waals surface area contributed by atoms with Crippen LogP contribution in [0.4, 0.5) is 0 Å². The smallest absolute Gasteiger partial charge is 0.179 e. The van der Waals surface area contributed by atoms with Gasteiger partial charge in [-0.2, -0.15) is 10.5 Å². The van der Waals surface area contributed by atoms with Crippen LogP contribution in [0, 0.1) is 29.6 Å². The maximum atomic E-state index is 9.65. The van der Waals surface area contributed by atoms with E-state index in [1.165, 1.54) is 0 Å². The molecular weight excluding hydrogens is 424 g/mol. The molecule has 4 aromatic heterocycles. The van der Waals surface area contributed by atoms with E-state index < -0.39 is 0 Å². The monoisotopic (exact) mass is 442 g/mol. The molecule has 0 aliphatic carbocycles. The van der Waals surface area contributed by atoms with Gasteiger partial charge in [-0.05, 0) is 30.7 Å². The standard InChI is InChI=1S/C26H18N8/c1-14(2)23-32-25-21(24-30-16-9-5-7-11-20(16)34(23)24)22-26(31-18(13-28)17(12-27)29-22)33(25)19-10-6-4-8-15(19)3/h4-11,14H,1-3H3. The van der Waals surface area contributed by atoms with E-state index in [4.69, 9.17) is 9.97 Å². The summed E-state index contributed by atoms with van der Waals surface area (Å²) in [6, 6.07) is 19.9. The molecule has 0 radical (unpaired) electrons. The first kappa shape index (κ1) is 19.8. The Balaban J connectivity index is 1.95. The molecule has 0 unspecified atom stereocenters. The Morgan fingerprint density at radius 2 is 1.50 bits per heavy atom. The molecule has 2 aromatic carbocycles. The molecule has 0 bridgehead atoms. The largest absolute Gasteiger partial charge is 0.279 e. The third-order valence-electron chi connectivity index (χ3n) is 6.08. The highest BCUT2D eigenvalue weighted by atomic mass is 15.2. The third kappa shape index (κ3) is 2.57. The van der Waals surface area contributed by atoms with Gasteiger partial charge in [0.1, 0.15) is 23.5 Å². The van der Waals surface area contributed by atoms with Crippen LogP contribution < -0.4 is 0 Å². The number of hydrogen-bond acceptors (Lipinski definition) is 6. The molecular formula is C26H18N8. The summed E-state index contributed by atoms with van der Waals surface area (Å²) in [5, 5.41) is 20.0. The first-order valence-corrected chi connectivity index (χ1v) is 10.9. The van der Waals surface area contributed by atoms with Gasteiger partial charge in [-0.25, -0.2) is 19.9 Å². The van der Waals surface area contributed by atoms with Gasteiger partial charge in [-0.1, -0.05) is 44.2 Å². The summed E-state index contributed by atoms with van der Waals surface area (Å²) in [7, 11) is 0. The van der Waals surface area contributed by atoms with Crippen LogP contribution in [0.25, 0.3) is 44.6 Å². The molecule has 0 amide bonds. The maximum Gasteiger partial charge on any atom is 0.179 e. The van der Waals surface area contributed by atoms with Crippen LogP contribution in [0.3, 0.4) is 0 Å². The Bertz CT molecular complexity index is 1880. The van der Waals surface area contributed by atoms with Crippen LogP contribution in [0.15, 0.2) is 48.5 Å². The third-order valence-corrected chi connectivity index (χ3v) is 6.08. The number of nitrogens with zero attached hydrogens (tertiary/aromatic N) is 8. The van der Waals surface area contributed by atoms with E-state index in [-0.39, 0.29) is 17.3 Å². The SMILES string of the molecule is Cc1ccccc1-n1c2nc(C#N)c(C#N)nc2c2c1nc(C(C)C)n1c3ccccc3nc21. The zero-order valence-electron chi connectivity index (χ0n) is 18.8. The van der Waals surface area contributed by atoms with E-state index >= 15 is 0 Å². The molecule has 6 rings (SSSR count). The van der Waals surface area contributed by atoms with Crippen molar-refractivity contribution in [3.63, 3.8) is 0 Å². The lowest BCUT2D eigenvalue weighted by molar-refractivity contribution is 0.765. The molecule has 0 saturated heterocycles. The van der Waals surface area contributed by atoms with Crippen LogP contribution in [-0.2, 0) is 0 Å². The number of benzene rings is 2. The molecule has 8 nitrogen and oxygen atoms in total. The molecule has 8 heteroatoms. The van der Waals surface area contributed by atoms with E-state index in [1.54, 1.807) is 0 Å². The summed E-state index contributed by atoms with van der Waals surface area (Å²) < 4.78 is 4.00. The van der Waals surface area contributed by atoms with Crippen molar-refractivity contribution >= 4 is 38.9 Å². The van der Waals surface area contributed by atoms with Gasteiger partial charge in [0, 0.05) is 5.92 Å². The highest BCUT2D eigenvalue weighted by Gasteiger charge is 2.26. The zero-order valence-corrected chi connectivity index (χ0v) is 18.8. The van der Waals surface area contributed by atoms with Crippen molar-refractivity contribution in [3.05, 3.63) is 71.3 Å². The summed E-state index contributed by atoms with van der Waals surface area (Å²) in [6.07, 6.45) is 0. The van der Waals surface area contributed by atoms with Crippen LogP contribution in [0.5, 0.6) is 0 Å². The van der Waals surface area contributed by atoms with E-state index in [0.29, 0.717) is 27.8 Å². The van der Waals surface area contributed by atoms with Crippen molar-refractivity contribution in [2.75, 3.05) is 0 Å². The van der Waals surface area contributed by atoms with Gasteiger partial charge in [0.15, 0.2) is 28.3 Å². The number of fused-ring (bicyclic) bond motifs is 7. The van der Waals surface area contributed by atoms with Gasteiger partial charge >= 0.3 is 0 Å². The van der Waals surface area contributed by atoms with E-state index in [2.05, 4.69) is 28.2 Å². The van der Waals surface area contributed by atoms with Gasteiger partial charge in [-0.15, -0.1) is 0 Å². The molecule has 4 heterocycles. The minimum Gasteiger partial charge on any atom is -0.279 e. The molecule has 6 aromatic rings. The fraction of sp³-hybridized carbons (Fsp3) is 0.154. The Morgan fingerprint density at radius 3 is 2.24 bits per heavy atom. The van der Waals surface area contributed by atoms with Crippen molar-refractivity contribution < 1.29 is 0 Å². The maximum absolute atomic E-state index is 9.65. The Kier molecular flexibility index (Phi) is 4.14. The van der Waals surface area contributed by atoms with Gasteiger partial charge in [-0.3, -0.25) is 8.97 Å². The van der Waals surface area contributed by atoms with Crippen LogP contribution in [-0.4, -0.2) is 28.9 Å². The predicted octanol–water partition coefficient (Wildman–Crippen LogP) is 4.94. The van der Waals surface area contributed by atoms with Gasteiger partial charge < -0.3 is 0 Å². The predicted molar refractivity (Wildman–Crippen MR) is 129 cm³/mol. The summed E-state index contributed by atoms with van der Waals surface area (Å²) in [5.74, 6) is 0.966. The number of nitriles is 2. The molecule has 34 heavy (non-hydrogen) atoms. The summed E-state index contributed by atoms with van der Waals surface area (Å²) >= 11 is 0. The number of rotatable bonds is 2. The average Bonchev–Trinajstić information content (AvgIpc) is 3.38. The fourth-order valence-corrected chi connectivity index (χ4v) is 4.55. The zero-order chi connectivity index (χ0) is 23.6. The second kappa shape index (κ2) is 7.09. The summed E-state index contributed by atoms with van der Waals surface area (Å²) in [6.45, 7) is 6.21. The molecule has 162 valence electrons.